The Bertz CT molecular complexity index is 1130. The Morgan fingerprint density at radius 3 is 2.63 bits per heavy atom. The molecular formula is C29H36N2O7. The second-order valence-corrected chi connectivity index (χ2v) is 10.2. The summed E-state index contributed by atoms with van der Waals surface area (Å²) in [7, 11) is 0. The number of rotatable bonds is 12. The van der Waals surface area contributed by atoms with Crippen LogP contribution < -0.4 is 4.74 Å². The predicted octanol–water partition coefficient (Wildman–Crippen LogP) is 4.15. The van der Waals surface area contributed by atoms with Crippen LogP contribution in [0.5, 0.6) is 5.75 Å². The molecule has 0 spiro atoms. The van der Waals surface area contributed by atoms with Gasteiger partial charge in [0.15, 0.2) is 6.61 Å². The highest BCUT2D eigenvalue weighted by Gasteiger charge is 2.41. The molecule has 1 aliphatic heterocycles. The van der Waals surface area contributed by atoms with Gasteiger partial charge in [-0.25, -0.2) is 9.59 Å². The van der Waals surface area contributed by atoms with E-state index < -0.39 is 47.8 Å². The first-order chi connectivity index (χ1) is 18.1. The standard InChI is InChI=1S/C29H36N2O7/c1-4-29(2,3)26(34)27(35)31-16-6-5-12-23(31)28(36)38-24(14-13-20-9-8-15-30-18-20)21-10-7-11-22(17-21)37-19-25(32)33/h7-11,15,17-18,23-24H,4-6,12-14,16,19H2,1-3H3,(H,32,33)/t23-,24+/m0/s1. The SMILES string of the molecule is CCC(C)(C)C(=O)C(=O)N1CCCC[C@H]1C(=O)O[C@H](CCc1cccnc1)c1cccc(OCC(=O)O)c1. The molecule has 9 heteroatoms. The van der Waals surface area contributed by atoms with Gasteiger partial charge >= 0.3 is 11.9 Å². The summed E-state index contributed by atoms with van der Waals surface area (Å²) in [5, 5.41) is 8.94. The van der Waals surface area contributed by atoms with Crippen LogP contribution in [0.25, 0.3) is 0 Å². The molecule has 2 atom stereocenters. The minimum atomic E-state index is -1.10. The molecule has 1 aromatic carbocycles. The van der Waals surface area contributed by atoms with Crippen molar-refractivity contribution in [2.24, 2.45) is 5.41 Å². The molecule has 0 bridgehead atoms. The lowest BCUT2D eigenvalue weighted by Crippen LogP contribution is -2.53. The number of carboxylic acid groups (broad SMARTS) is 1. The monoisotopic (exact) mass is 524 g/mol. The third-order valence-corrected chi connectivity index (χ3v) is 7.00. The smallest absolute Gasteiger partial charge is 0.341 e. The van der Waals surface area contributed by atoms with Gasteiger partial charge in [-0.15, -0.1) is 0 Å². The van der Waals surface area contributed by atoms with E-state index in [4.69, 9.17) is 14.6 Å². The lowest BCUT2D eigenvalue weighted by Gasteiger charge is -2.36. The zero-order valence-corrected chi connectivity index (χ0v) is 22.2. The molecule has 3 rings (SSSR count). The second-order valence-electron chi connectivity index (χ2n) is 10.2. The number of aryl methyl sites for hydroxylation is 1. The number of piperidine rings is 1. The minimum absolute atomic E-state index is 0.322. The largest absolute Gasteiger partial charge is 0.482 e. The zero-order valence-electron chi connectivity index (χ0n) is 22.2. The summed E-state index contributed by atoms with van der Waals surface area (Å²) in [5.41, 5.74) is 0.793. The van der Waals surface area contributed by atoms with Crippen molar-refractivity contribution in [2.75, 3.05) is 13.2 Å². The molecule has 1 fully saturated rings. The van der Waals surface area contributed by atoms with Crippen LogP contribution in [0.2, 0.25) is 0 Å². The number of carbonyl (C=O) groups is 4. The van der Waals surface area contributed by atoms with Gasteiger partial charge in [0.05, 0.1) is 0 Å². The lowest BCUT2D eigenvalue weighted by atomic mass is 9.84. The Balaban J connectivity index is 1.82. The number of nitrogens with zero attached hydrogens (tertiary/aromatic N) is 2. The van der Waals surface area contributed by atoms with Crippen LogP contribution in [-0.4, -0.2) is 57.8 Å². The molecular weight excluding hydrogens is 488 g/mol. The molecule has 0 radical (unpaired) electrons. The van der Waals surface area contributed by atoms with Gasteiger partial charge in [0, 0.05) is 24.4 Å². The fourth-order valence-corrected chi connectivity index (χ4v) is 4.31. The number of ketones is 1. The summed E-state index contributed by atoms with van der Waals surface area (Å²) < 4.78 is 11.3. The zero-order chi connectivity index (χ0) is 27.7. The van der Waals surface area contributed by atoms with Crippen LogP contribution in [-0.2, 0) is 30.3 Å². The van der Waals surface area contributed by atoms with E-state index in [1.807, 2.05) is 19.1 Å². The fraction of sp³-hybridized carbons (Fsp3) is 0.483. The molecule has 1 aromatic heterocycles. The summed E-state index contributed by atoms with van der Waals surface area (Å²) >= 11 is 0. The average Bonchev–Trinajstić information content (AvgIpc) is 2.93. The minimum Gasteiger partial charge on any atom is -0.482 e. The molecule has 1 aliphatic rings. The molecule has 1 saturated heterocycles. The van der Waals surface area contributed by atoms with Crippen molar-refractivity contribution < 1.29 is 33.8 Å². The molecule has 38 heavy (non-hydrogen) atoms. The molecule has 9 nitrogen and oxygen atoms in total. The summed E-state index contributed by atoms with van der Waals surface area (Å²) in [5.74, 6) is -2.47. The van der Waals surface area contributed by atoms with Crippen LogP contribution in [0.1, 0.15) is 70.1 Å². The average molecular weight is 525 g/mol. The number of amides is 1. The van der Waals surface area contributed by atoms with Gasteiger partial charge in [-0.1, -0.05) is 39.0 Å². The summed E-state index contributed by atoms with van der Waals surface area (Å²) in [4.78, 5) is 56.0. The van der Waals surface area contributed by atoms with Gasteiger partial charge < -0.3 is 19.5 Å². The Hall–Kier alpha value is -3.75. The van der Waals surface area contributed by atoms with Crippen molar-refractivity contribution in [3.05, 3.63) is 59.9 Å². The molecule has 1 N–H and O–H groups in total. The van der Waals surface area contributed by atoms with Gasteiger partial charge in [-0.3, -0.25) is 14.6 Å². The van der Waals surface area contributed by atoms with Crippen LogP contribution >= 0.6 is 0 Å². The van der Waals surface area contributed by atoms with E-state index in [-0.39, 0.29) is 0 Å². The number of benzene rings is 1. The molecule has 204 valence electrons. The molecule has 2 heterocycles. The normalized spacial score (nSPS) is 16.4. The number of pyridine rings is 1. The Kier molecular flexibility index (Phi) is 9.98. The Morgan fingerprint density at radius 2 is 1.95 bits per heavy atom. The van der Waals surface area contributed by atoms with E-state index in [9.17, 15) is 19.2 Å². The molecule has 1 amide bonds. The number of hydrogen-bond donors (Lipinski definition) is 1. The number of aromatic nitrogens is 1. The lowest BCUT2D eigenvalue weighted by molar-refractivity contribution is -0.164. The van der Waals surface area contributed by atoms with Crippen LogP contribution in [0.4, 0.5) is 0 Å². The first-order valence-electron chi connectivity index (χ1n) is 13.0. The number of Topliss-reactive ketones (excluding diaryl/α,β-unsaturated/α-hetero) is 1. The topological polar surface area (TPSA) is 123 Å². The summed E-state index contributed by atoms with van der Waals surface area (Å²) in [6.07, 6.45) is 6.13. The highest BCUT2D eigenvalue weighted by atomic mass is 16.5. The maximum absolute atomic E-state index is 13.5. The number of ether oxygens (including phenoxy) is 2. The quantitative estimate of drug-likeness (QED) is 0.325. The number of esters is 1. The first-order valence-corrected chi connectivity index (χ1v) is 13.0. The summed E-state index contributed by atoms with van der Waals surface area (Å²) in [6, 6.07) is 9.69. The van der Waals surface area contributed by atoms with Crippen LogP contribution in [0.3, 0.4) is 0 Å². The van der Waals surface area contributed by atoms with Crippen molar-refractivity contribution in [1.29, 1.82) is 0 Å². The fourth-order valence-electron chi connectivity index (χ4n) is 4.31. The maximum Gasteiger partial charge on any atom is 0.341 e. The molecule has 0 aliphatic carbocycles. The van der Waals surface area contributed by atoms with Crippen molar-refractivity contribution in [3.8, 4) is 5.75 Å². The third kappa shape index (κ3) is 7.63. The van der Waals surface area contributed by atoms with E-state index in [2.05, 4.69) is 4.98 Å². The Labute approximate surface area is 223 Å². The number of likely N-dealkylation sites (tertiary alicyclic amines) is 1. The highest BCUT2D eigenvalue weighted by molar-refractivity contribution is 6.38. The number of carbonyl (C=O) groups excluding carboxylic acids is 3. The second kappa shape index (κ2) is 13.2. The third-order valence-electron chi connectivity index (χ3n) is 7.00. The van der Waals surface area contributed by atoms with Crippen LogP contribution in [0, 0.1) is 5.41 Å². The molecule has 2 aromatic rings. The van der Waals surface area contributed by atoms with E-state index in [0.29, 0.717) is 50.0 Å². The van der Waals surface area contributed by atoms with Crippen molar-refractivity contribution in [1.82, 2.24) is 9.88 Å². The number of carboxylic acids is 1. The van der Waals surface area contributed by atoms with E-state index in [1.165, 1.54) is 4.90 Å². The van der Waals surface area contributed by atoms with Gasteiger partial charge in [0.1, 0.15) is 17.9 Å². The number of hydrogen-bond acceptors (Lipinski definition) is 7. The highest BCUT2D eigenvalue weighted by Crippen LogP contribution is 2.30. The molecule has 0 saturated carbocycles. The van der Waals surface area contributed by atoms with Crippen molar-refractivity contribution >= 4 is 23.6 Å². The van der Waals surface area contributed by atoms with Gasteiger partial charge in [0.25, 0.3) is 5.91 Å². The summed E-state index contributed by atoms with van der Waals surface area (Å²) in [6.45, 7) is 5.15. The van der Waals surface area contributed by atoms with Crippen LogP contribution in [0.15, 0.2) is 48.8 Å². The Morgan fingerprint density at radius 1 is 1.16 bits per heavy atom. The van der Waals surface area contributed by atoms with E-state index >= 15 is 0 Å². The van der Waals surface area contributed by atoms with Crippen molar-refractivity contribution in [3.63, 3.8) is 0 Å². The van der Waals surface area contributed by atoms with E-state index in [1.54, 1.807) is 50.5 Å². The van der Waals surface area contributed by atoms with Crippen molar-refractivity contribution in [2.45, 2.75) is 71.4 Å². The molecule has 0 unspecified atom stereocenters. The van der Waals surface area contributed by atoms with Gasteiger partial charge in [-0.05, 0) is 67.9 Å². The number of aliphatic carboxylic acids is 1. The van der Waals surface area contributed by atoms with E-state index in [0.717, 1.165) is 12.0 Å². The first kappa shape index (κ1) is 28.8. The predicted molar refractivity (Wildman–Crippen MR) is 139 cm³/mol. The maximum atomic E-state index is 13.5. The van der Waals surface area contributed by atoms with Gasteiger partial charge in [0.2, 0.25) is 5.78 Å². The van der Waals surface area contributed by atoms with Gasteiger partial charge in [-0.2, -0.15) is 0 Å².